The lowest BCUT2D eigenvalue weighted by Crippen LogP contribution is -2.28. The van der Waals surface area contributed by atoms with Crippen molar-refractivity contribution in [3.63, 3.8) is 0 Å². The molecule has 1 heterocycles. The summed E-state index contributed by atoms with van der Waals surface area (Å²) in [5.41, 5.74) is 1.97. The van der Waals surface area contributed by atoms with Crippen molar-refractivity contribution in [2.45, 2.75) is 6.54 Å². The summed E-state index contributed by atoms with van der Waals surface area (Å²) in [6.45, 7) is 0.586. The van der Waals surface area contributed by atoms with E-state index in [1.54, 1.807) is 24.3 Å². The minimum Gasteiger partial charge on any atom is -0.454 e. The van der Waals surface area contributed by atoms with Gasteiger partial charge >= 0.3 is 6.03 Å². The second-order valence-electron chi connectivity index (χ2n) is 4.69. The number of hydrogen-bond donors (Lipinski definition) is 2. The highest BCUT2D eigenvalue weighted by Gasteiger charge is 2.13. The molecule has 0 fully saturated rings. The molecule has 0 unspecified atom stereocenters. The van der Waals surface area contributed by atoms with Gasteiger partial charge in [-0.2, -0.15) is 5.26 Å². The maximum Gasteiger partial charge on any atom is 0.319 e. The summed E-state index contributed by atoms with van der Waals surface area (Å²) in [5, 5.41) is 14.3. The van der Waals surface area contributed by atoms with E-state index in [2.05, 4.69) is 10.6 Å². The van der Waals surface area contributed by atoms with Crippen LogP contribution in [-0.4, -0.2) is 12.8 Å². The predicted molar refractivity (Wildman–Crippen MR) is 79.6 cm³/mol. The third-order valence-electron chi connectivity index (χ3n) is 3.14. The highest BCUT2D eigenvalue weighted by Crippen LogP contribution is 2.32. The molecule has 2 aromatic rings. The number of carbonyl (C=O) groups is 1. The molecule has 0 saturated carbocycles. The Kier molecular flexibility index (Phi) is 3.79. The Hall–Kier alpha value is -3.20. The number of urea groups is 1. The molecule has 0 atom stereocenters. The number of nitrogens with one attached hydrogen (secondary N) is 2. The standard InChI is InChI=1S/C16H13N3O3/c17-8-11-2-1-3-13(6-11)19-16(20)18-9-12-4-5-14-15(7-12)22-10-21-14/h1-7H,9-10H2,(H2,18,19,20). The average Bonchev–Trinajstić information content (AvgIpc) is 3.00. The lowest BCUT2D eigenvalue weighted by molar-refractivity contribution is 0.174. The van der Waals surface area contributed by atoms with Crippen LogP contribution in [0.2, 0.25) is 0 Å². The second-order valence-corrected chi connectivity index (χ2v) is 4.69. The normalized spacial score (nSPS) is 11.6. The van der Waals surface area contributed by atoms with Gasteiger partial charge in [0.05, 0.1) is 11.6 Å². The van der Waals surface area contributed by atoms with Crippen LogP contribution in [0.4, 0.5) is 10.5 Å². The fraction of sp³-hybridized carbons (Fsp3) is 0.125. The molecule has 3 rings (SSSR count). The van der Waals surface area contributed by atoms with Gasteiger partial charge in [0.2, 0.25) is 6.79 Å². The van der Waals surface area contributed by atoms with E-state index in [0.29, 0.717) is 29.3 Å². The molecule has 2 aromatic carbocycles. The number of fused-ring (bicyclic) bond motifs is 1. The molecule has 6 heteroatoms. The van der Waals surface area contributed by atoms with Crippen molar-refractivity contribution in [2.75, 3.05) is 12.1 Å². The van der Waals surface area contributed by atoms with E-state index in [4.69, 9.17) is 14.7 Å². The topological polar surface area (TPSA) is 83.4 Å². The highest BCUT2D eigenvalue weighted by atomic mass is 16.7. The molecule has 2 N–H and O–H groups in total. The molecular formula is C16H13N3O3. The summed E-state index contributed by atoms with van der Waals surface area (Å²) in [6, 6.07) is 13.9. The van der Waals surface area contributed by atoms with Crippen molar-refractivity contribution in [1.29, 1.82) is 5.26 Å². The summed E-state index contributed by atoms with van der Waals surface area (Å²) < 4.78 is 10.5. The maximum atomic E-state index is 11.9. The van der Waals surface area contributed by atoms with Gasteiger partial charge < -0.3 is 20.1 Å². The number of amides is 2. The zero-order chi connectivity index (χ0) is 15.4. The van der Waals surface area contributed by atoms with Crippen LogP contribution in [0.15, 0.2) is 42.5 Å². The number of nitrogens with zero attached hydrogens (tertiary/aromatic N) is 1. The fourth-order valence-electron chi connectivity index (χ4n) is 2.08. The smallest absolute Gasteiger partial charge is 0.319 e. The lowest BCUT2D eigenvalue weighted by Gasteiger charge is -2.08. The maximum absolute atomic E-state index is 11.9. The molecule has 1 aliphatic heterocycles. The van der Waals surface area contributed by atoms with Crippen LogP contribution < -0.4 is 20.1 Å². The Morgan fingerprint density at radius 2 is 2.05 bits per heavy atom. The van der Waals surface area contributed by atoms with Gasteiger partial charge in [-0.15, -0.1) is 0 Å². The van der Waals surface area contributed by atoms with E-state index < -0.39 is 0 Å². The van der Waals surface area contributed by atoms with Crippen LogP contribution in [-0.2, 0) is 6.54 Å². The fourth-order valence-corrected chi connectivity index (χ4v) is 2.08. The number of nitriles is 1. The Balaban J connectivity index is 1.57. The van der Waals surface area contributed by atoms with Gasteiger partial charge in [-0.25, -0.2) is 4.79 Å². The molecular weight excluding hydrogens is 282 g/mol. The molecule has 0 aliphatic carbocycles. The third-order valence-corrected chi connectivity index (χ3v) is 3.14. The minimum atomic E-state index is -0.340. The van der Waals surface area contributed by atoms with Gasteiger partial charge in [-0.05, 0) is 35.9 Å². The first-order chi connectivity index (χ1) is 10.7. The van der Waals surface area contributed by atoms with Crippen molar-refractivity contribution in [3.8, 4) is 17.6 Å². The highest BCUT2D eigenvalue weighted by molar-refractivity contribution is 5.89. The number of benzene rings is 2. The first kappa shape index (κ1) is 13.8. The second kappa shape index (κ2) is 6.06. The number of ether oxygens (including phenoxy) is 2. The molecule has 22 heavy (non-hydrogen) atoms. The number of carbonyl (C=O) groups excluding carboxylic acids is 1. The summed E-state index contributed by atoms with van der Waals surface area (Å²) in [7, 11) is 0. The summed E-state index contributed by atoms with van der Waals surface area (Å²) in [4.78, 5) is 11.9. The summed E-state index contributed by atoms with van der Waals surface area (Å²) in [6.07, 6.45) is 0. The largest absolute Gasteiger partial charge is 0.454 e. The van der Waals surface area contributed by atoms with E-state index in [-0.39, 0.29) is 12.8 Å². The van der Waals surface area contributed by atoms with Crippen molar-refractivity contribution < 1.29 is 14.3 Å². The first-order valence-corrected chi connectivity index (χ1v) is 6.68. The quantitative estimate of drug-likeness (QED) is 0.911. The zero-order valence-electron chi connectivity index (χ0n) is 11.6. The molecule has 6 nitrogen and oxygen atoms in total. The van der Waals surface area contributed by atoms with Crippen molar-refractivity contribution in [1.82, 2.24) is 5.32 Å². The average molecular weight is 295 g/mol. The summed E-state index contributed by atoms with van der Waals surface area (Å²) in [5.74, 6) is 1.39. The van der Waals surface area contributed by atoms with Crippen LogP contribution in [0.3, 0.4) is 0 Å². The van der Waals surface area contributed by atoms with Gasteiger partial charge in [-0.1, -0.05) is 12.1 Å². The summed E-state index contributed by atoms with van der Waals surface area (Å²) >= 11 is 0. The molecule has 0 saturated heterocycles. The molecule has 0 spiro atoms. The van der Waals surface area contributed by atoms with E-state index >= 15 is 0 Å². The van der Waals surface area contributed by atoms with E-state index in [0.717, 1.165) is 5.56 Å². The van der Waals surface area contributed by atoms with Crippen LogP contribution in [0, 0.1) is 11.3 Å². The van der Waals surface area contributed by atoms with Gasteiger partial charge in [-0.3, -0.25) is 0 Å². The zero-order valence-corrected chi connectivity index (χ0v) is 11.6. The minimum absolute atomic E-state index is 0.224. The Morgan fingerprint density at radius 1 is 1.18 bits per heavy atom. The lowest BCUT2D eigenvalue weighted by atomic mass is 10.2. The SMILES string of the molecule is N#Cc1cccc(NC(=O)NCc2ccc3c(c2)OCO3)c1. The van der Waals surface area contributed by atoms with Crippen LogP contribution >= 0.6 is 0 Å². The Bertz CT molecular complexity index is 753. The van der Waals surface area contributed by atoms with E-state index in [9.17, 15) is 4.79 Å². The first-order valence-electron chi connectivity index (χ1n) is 6.68. The van der Waals surface area contributed by atoms with Crippen LogP contribution in [0.5, 0.6) is 11.5 Å². The van der Waals surface area contributed by atoms with Crippen LogP contribution in [0.25, 0.3) is 0 Å². The van der Waals surface area contributed by atoms with E-state index in [1.807, 2.05) is 24.3 Å². The molecule has 0 bridgehead atoms. The van der Waals surface area contributed by atoms with Gasteiger partial charge in [0.25, 0.3) is 0 Å². The number of hydrogen-bond acceptors (Lipinski definition) is 4. The molecule has 2 amide bonds. The van der Waals surface area contributed by atoms with Gasteiger partial charge in [0.1, 0.15) is 0 Å². The van der Waals surface area contributed by atoms with Crippen molar-refractivity contribution >= 4 is 11.7 Å². The van der Waals surface area contributed by atoms with Crippen molar-refractivity contribution in [2.24, 2.45) is 0 Å². The van der Waals surface area contributed by atoms with Crippen molar-refractivity contribution in [3.05, 3.63) is 53.6 Å². The van der Waals surface area contributed by atoms with E-state index in [1.165, 1.54) is 0 Å². The third kappa shape index (κ3) is 3.10. The number of anilines is 1. The monoisotopic (exact) mass is 295 g/mol. The van der Waals surface area contributed by atoms with Crippen LogP contribution in [0.1, 0.15) is 11.1 Å². The molecule has 0 radical (unpaired) electrons. The van der Waals surface area contributed by atoms with Gasteiger partial charge in [0.15, 0.2) is 11.5 Å². The van der Waals surface area contributed by atoms with Gasteiger partial charge in [0, 0.05) is 12.2 Å². The molecule has 110 valence electrons. The predicted octanol–water partition coefficient (Wildman–Crippen LogP) is 2.61. The number of rotatable bonds is 3. The Labute approximate surface area is 127 Å². The molecule has 0 aromatic heterocycles. The molecule has 1 aliphatic rings. The Morgan fingerprint density at radius 3 is 2.91 bits per heavy atom.